The van der Waals surface area contributed by atoms with E-state index in [0.29, 0.717) is 12.3 Å². The van der Waals surface area contributed by atoms with E-state index in [2.05, 4.69) is 4.98 Å². The molecule has 9 nitrogen and oxygen atoms in total. The van der Waals surface area contributed by atoms with Gasteiger partial charge in [-0.1, -0.05) is 12.1 Å². The molecule has 1 saturated heterocycles. The van der Waals surface area contributed by atoms with Gasteiger partial charge in [-0.2, -0.15) is 0 Å². The number of fused-ring (bicyclic) bond motifs is 1. The van der Waals surface area contributed by atoms with Gasteiger partial charge in [0, 0.05) is 37.5 Å². The number of halogens is 2. The van der Waals surface area contributed by atoms with E-state index in [-0.39, 0.29) is 55.5 Å². The Morgan fingerprint density at radius 1 is 1.21 bits per heavy atom. The minimum Gasteiger partial charge on any atom is -0.502 e. The van der Waals surface area contributed by atoms with Gasteiger partial charge in [0.25, 0.3) is 5.91 Å². The smallest absolute Gasteiger partial charge is 0.277 e. The molecule has 11 heteroatoms. The Morgan fingerprint density at radius 3 is 2.74 bits per heavy atom. The number of benzene rings is 1. The molecule has 2 aliphatic heterocycles. The van der Waals surface area contributed by atoms with Crippen molar-refractivity contribution in [3.63, 3.8) is 0 Å². The first-order valence-electron chi connectivity index (χ1n) is 12.8. The highest BCUT2D eigenvalue weighted by molar-refractivity contribution is 6.00. The maximum absolute atomic E-state index is 14.1. The first-order valence-corrected chi connectivity index (χ1v) is 12.8. The third-order valence-corrected chi connectivity index (χ3v) is 6.97. The Hall–Kier alpha value is -4.12. The highest BCUT2D eigenvalue weighted by atomic mass is 19.1. The van der Waals surface area contributed by atoms with Crippen LogP contribution in [-0.2, 0) is 17.7 Å². The summed E-state index contributed by atoms with van der Waals surface area (Å²) in [7, 11) is 0. The molecule has 1 amide bonds. The molecule has 3 aromatic rings. The number of rotatable bonds is 8. The van der Waals surface area contributed by atoms with Crippen molar-refractivity contribution in [2.24, 2.45) is 0 Å². The molecule has 2 aliphatic rings. The number of aromatic hydroxyl groups is 1. The van der Waals surface area contributed by atoms with Gasteiger partial charge in [0.1, 0.15) is 18.3 Å². The zero-order valence-electron chi connectivity index (χ0n) is 21.4. The number of pyridine rings is 2. The molecule has 1 aromatic carbocycles. The Morgan fingerprint density at radius 2 is 2.03 bits per heavy atom. The van der Waals surface area contributed by atoms with Gasteiger partial charge in [-0.05, 0) is 49.9 Å². The van der Waals surface area contributed by atoms with Gasteiger partial charge < -0.3 is 14.7 Å². The number of hydrogen-bond donors (Lipinski definition) is 1. The Kier molecular flexibility index (Phi) is 7.42. The summed E-state index contributed by atoms with van der Waals surface area (Å²) < 4.78 is 34.3. The Bertz CT molecular complexity index is 1490. The number of aryl methyl sites for hydroxylation is 2. The van der Waals surface area contributed by atoms with E-state index in [1.165, 1.54) is 21.8 Å². The third-order valence-electron chi connectivity index (χ3n) is 6.97. The largest absolute Gasteiger partial charge is 0.502 e. The molecule has 0 saturated carbocycles. The van der Waals surface area contributed by atoms with E-state index in [1.807, 2.05) is 25.1 Å². The topological polar surface area (TPSA) is 105 Å². The quantitative estimate of drug-likeness (QED) is 0.440. The average molecular weight is 539 g/mol. The van der Waals surface area contributed by atoms with Crippen LogP contribution in [0.1, 0.15) is 57.1 Å². The van der Waals surface area contributed by atoms with E-state index >= 15 is 0 Å². The van der Waals surface area contributed by atoms with Crippen LogP contribution in [-0.4, -0.2) is 57.3 Å². The van der Waals surface area contributed by atoms with Crippen LogP contribution in [0.15, 0.2) is 47.4 Å². The normalized spacial score (nSPS) is 17.0. The summed E-state index contributed by atoms with van der Waals surface area (Å²) in [6.45, 7) is 3.08. The van der Waals surface area contributed by atoms with Crippen molar-refractivity contribution < 1.29 is 28.2 Å². The fraction of sp³-hybridized carbons (Fsp3) is 0.357. The summed E-state index contributed by atoms with van der Waals surface area (Å²) in [6, 6.07) is 8.58. The molecule has 4 heterocycles. The molecule has 0 bridgehead atoms. The van der Waals surface area contributed by atoms with Crippen LogP contribution in [0.25, 0.3) is 0 Å². The van der Waals surface area contributed by atoms with Crippen molar-refractivity contribution in [1.82, 2.24) is 14.6 Å². The van der Waals surface area contributed by atoms with Crippen molar-refractivity contribution in [1.29, 1.82) is 0 Å². The van der Waals surface area contributed by atoms with Crippen LogP contribution in [0.2, 0.25) is 0 Å². The summed E-state index contributed by atoms with van der Waals surface area (Å²) in [6.07, 6.45) is 2.45. The minimum absolute atomic E-state index is 0.0715. The summed E-state index contributed by atoms with van der Waals surface area (Å²) >= 11 is 0. The fourth-order valence-electron chi connectivity index (χ4n) is 4.97. The number of hydrogen-bond acceptors (Lipinski definition) is 7. The number of carbonyl (C=O) groups is 2. The first kappa shape index (κ1) is 26.5. The lowest BCUT2D eigenvalue weighted by Crippen LogP contribution is -2.55. The van der Waals surface area contributed by atoms with Crippen molar-refractivity contribution in [2.45, 2.75) is 45.3 Å². The Labute approximate surface area is 223 Å². The van der Waals surface area contributed by atoms with Crippen LogP contribution in [0.5, 0.6) is 5.75 Å². The number of ether oxygens (including phenoxy) is 1. The minimum atomic E-state index is -0.980. The van der Waals surface area contributed by atoms with Gasteiger partial charge in [-0.25, -0.2) is 8.78 Å². The number of carbonyl (C=O) groups excluding carboxylic acids is 2. The lowest BCUT2D eigenvalue weighted by Gasteiger charge is -2.40. The van der Waals surface area contributed by atoms with Crippen LogP contribution in [0.4, 0.5) is 8.78 Å². The molecule has 0 spiro atoms. The van der Waals surface area contributed by atoms with Crippen LogP contribution >= 0.6 is 0 Å². The van der Waals surface area contributed by atoms with Crippen LogP contribution in [0, 0.1) is 18.6 Å². The monoisotopic (exact) mass is 538 g/mol. The molecule has 0 radical (unpaired) electrons. The van der Waals surface area contributed by atoms with E-state index in [9.17, 15) is 28.3 Å². The summed E-state index contributed by atoms with van der Waals surface area (Å²) in [4.78, 5) is 45.6. The first-order chi connectivity index (χ1) is 18.7. The van der Waals surface area contributed by atoms with Crippen molar-refractivity contribution in [2.75, 3.05) is 24.8 Å². The zero-order chi connectivity index (χ0) is 27.7. The zero-order valence-corrected chi connectivity index (χ0v) is 21.4. The Balaban J connectivity index is 1.48. The molecule has 1 fully saturated rings. The van der Waals surface area contributed by atoms with Crippen LogP contribution < -0.4 is 10.4 Å². The van der Waals surface area contributed by atoms with Gasteiger partial charge in [0.15, 0.2) is 17.2 Å². The molecule has 204 valence electrons. The van der Waals surface area contributed by atoms with E-state index < -0.39 is 34.5 Å². The van der Waals surface area contributed by atoms with Crippen LogP contribution in [0.3, 0.4) is 0 Å². The lowest BCUT2D eigenvalue weighted by molar-refractivity contribution is 0.0455. The SMILES string of the molecule is Cc1cccc(CN2CN(C[C@@H]3CCCO3)C(=O)c3c(O)c(=O)c(C(=O)CCc4ccc(F)cc4F)cn32)n1. The number of ketones is 1. The number of nitrogens with zero attached hydrogens (tertiary/aromatic N) is 4. The summed E-state index contributed by atoms with van der Waals surface area (Å²) in [5, 5.41) is 12.6. The second-order valence-corrected chi connectivity index (χ2v) is 9.81. The van der Waals surface area contributed by atoms with Gasteiger partial charge in [-0.15, -0.1) is 0 Å². The van der Waals surface area contributed by atoms with Gasteiger partial charge in [0.2, 0.25) is 5.43 Å². The highest BCUT2D eigenvalue weighted by Gasteiger charge is 2.36. The van der Waals surface area contributed by atoms with E-state index in [4.69, 9.17) is 4.74 Å². The van der Waals surface area contributed by atoms with Crippen molar-refractivity contribution >= 4 is 11.7 Å². The predicted molar refractivity (Wildman–Crippen MR) is 137 cm³/mol. The lowest BCUT2D eigenvalue weighted by atomic mass is 10.0. The number of Topliss-reactive ketones (excluding diaryl/α,β-unsaturated/α-hetero) is 1. The average Bonchev–Trinajstić information content (AvgIpc) is 3.41. The summed E-state index contributed by atoms with van der Waals surface area (Å²) in [5.74, 6) is -3.56. The second-order valence-electron chi connectivity index (χ2n) is 9.81. The predicted octanol–water partition coefficient (Wildman–Crippen LogP) is 3.08. The highest BCUT2D eigenvalue weighted by Crippen LogP contribution is 2.25. The van der Waals surface area contributed by atoms with Gasteiger partial charge in [-0.3, -0.25) is 29.1 Å². The van der Waals surface area contributed by atoms with Gasteiger partial charge >= 0.3 is 0 Å². The summed E-state index contributed by atoms with van der Waals surface area (Å²) in [5.41, 5.74) is 0.0409. The molecule has 0 unspecified atom stereocenters. The number of amides is 1. The molecular formula is C28H28F2N4O5. The third kappa shape index (κ3) is 5.53. The molecule has 5 rings (SSSR count). The molecule has 2 aromatic heterocycles. The van der Waals surface area contributed by atoms with E-state index in [1.54, 1.807) is 5.01 Å². The second kappa shape index (κ2) is 10.9. The van der Waals surface area contributed by atoms with Crippen molar-refractivity contribution in [3.8, 4) is 5.75 Å². The maximum Gasteiger partial charge on any atom is 0.277 e. The molecule has 39 heavy (non-hydrogen) atoms. The van der Waals surface area contributed by atoms with Crippen molar-refractivity contribution in [3.05, 3.63) is 92.7 Å². The molecule has 1 N–H and O–H groups in total. The fourth-order valence-corrected chi connectivity index (χ4v) is 4.97. The van der Waals surface area contributed by atoms with Gasteiger partial charge in [0.05, 0.1) is 23.9 Å². The standard InChI is InChI=1S/C28H28F2N4O5/c1-17-4-2-5-20(31-17)13-33-16-32(14-21-6-3-11-39-21)28(38)25-27(37)26(36)22(15-34(25)33)24(35)10-8-18-7-9-19(29)12-23(18)30/h2,4-5,7,9,12,15,21,37H,3,6,8,10-11,13-14,16H2,1H3/t21-/m0/s1. The molecule has 1 atom stereocenters. The molecule has 0 aliphatic carbocycles. The van der Waals surface area contributed by atoms with E-state index in [0.717, 1.165) is 30.7 Å². The number of aromatic nitrogens is 2. The maximum atomic E-state index is 14.1. The molecular weight excluding hydrogens is 510 g/mol.